The third kappa shape index (κ3) is 3.95. The van der Waals surface area contributed by atoms with Crippen molar-refractivity contribution in [1.29, 1.82) is 0 Å². The van der Waals surface area contributed by atoms with Crippen LogP contribution in [-0.4, -0.2) is 37.3 Å². The van der Waals surface area contributed by atoms with Gasteiger partial charge >= 0.3 is 0 Å². The molecule has 0 N–H and O–H groups in total. The number of hydrogen-bond acceptors (Lipinski definition) is 5. The van der Waals surface area contributed by atoms with Crippen molar-refractivity contribution in [2.45, 2.75) is 45.8 Å². The molecule has 2 aromatic heterocycles. The van der Waals surface area contributed by atoms with Crippen LogP contribution in [0.5, 0.6) is 0 Å². The van der Waals surface area contributed by atoms with E-state index in [4.69, 9.17) is 26.7 Å². The lowest BCUT2D eigenvalue weighted by atomic mass is 9.97. The molecular formula is C24H27N5OS. The molecule has 0 amide bonds. The molecule has 2 aromatic carbocycles. The molecule has 0 spiro atoms. The molecule has 0 atom stereocenters. The largest absolute Gasteiger partial charge is 0.440 e. The van der Waals surface area contributed by atoms with Crippen LogP contribution in [0.25, 0.3) is 22.5 Å². The minimum Gasteiger partial charge on any atom is -0.440 e. The van der Waals surface area contributed by atoms with Crippen molar-refractivity contribution in [2.24, 2.45) is 0 Å². The van der Waals surface area contributed by atoms with E-state index in [1.807, 2.05) is 28.9 Å². The highest BCUT2D eigenvalue weighted by atomic mass is 32.1. The Bertz CT molecular complexity index is 1230. The maximum absolute atomic E-state index is 6.01. The van der Waals surface area contributed by atoms with Crippen molar-refractivity contribution >= 4 is 23.3 Å². The number of hydrogen-bond donors (Lipinski definition) is 0. The number of oxazole rings is 1. The van der Waals surface area contributed by atoms with Crippen molar-refractivity contribution < 1.29 is 4.42 Å². The lowest BCUT2D eigenvalue weighted by molar-refractivity contribution is 0.153. The SMILES string of the molecule is CCn1c(-c2cccc(C)c2)nn(CN2CCC(c3nc4ccccc4o3)CC2)c1=S. The molecular weight excluding hydrogens is 406 g/mol. The Morgan fingerprint density at radius 2 is 1.90 bits per heavy atom. The molecule has 3 heterocycles. The number of fused-ring (bicyclic) bond motifs is 1. The van der Waals surface area contributed by atoms with Crippen molar-refractivity contribution in [3.8, 4) is 11.4 Å². The Labute approximate surface area is 187 Å². The third-order valence-corrected chi connectivity index (χ3v) is 6.53. The molecule has 0 bridgehead atoms. The smallest absolute Gasteiger partial charge is 0.199 e. The van der Waals surface area contributed by atoms with Gasteiger partial charge in [0.05, 0.1) is 6.67 Å². The molecule has 0 aliphatic carbocycles. The molecule has 0 saturated carbocycles. The Hall–Kier alpha value is -2.77. The zero-order chi connectivity index (χ0) is 21.4. The average Bonchev–Trinajstić information content (AvgIpc) is 3.35. The van der Waals surface area contributed by atoms with Crippen LogP contribution in [0.15, 0.2) is 52.9 Å². The van der Waals surface area contributed by atoms with E-state index in [-0.39, 0.29) is 0 Å². The second-order valence-electron chi connectivity index (χ2n) is 8.27. The van der Waals surface area contributed by atoms with Gasteiger partial charge in [0.2, 0.25) is 0 Å². The predicted molar refractivity (Wildman–Crippen MR) is 124 cm³/mol. The van der Waals surface area contributed by atoms with Gasteiger partial charge in [-0.05, 0) is 57.1 Å². The van der Waals surface area contributed by atoms with Gasteiger partial charge in [0.1, 0.15) is 5.52 Å². The van der Waals surface area contributed by atoms with Gasteiger partial charge in [0.15, 0.2) is 22.1 Å². The first-order valence-electron chi connectivity index (χ1n) is 10.9. The van der Waals surface area contributed by atoms with Crippen LogP contribution in [0.4, 0.5) is 0 Å². The third-order valence-electron chi connectivity index (χ3n) is 6.10. The van der Waals surface area contributed by atoms with Gasteiger partial charge < -0.3 is 8.98 Å². The molecule has 7 heteroatoms. The molecule has 1 fully saturated rings. The van der Waals surface area contributed by atoms with Gasteiger partial charge in [-0.3, -0.25) is 4.90 Å². The molecule has 160 valence electrons. The van der Waals surface area contributed by atoms with E-state index in [1.165, 1.54) is 5.56 Å². The summed E-state index contributed by atoms with van der Waals surface area (Å²) in [7, 11) is 0. The number of aromatic nitrogens is 4. The fourth-order valence-corrected chi connectivity index (χ4v) is 4.71. The van der Waals surface area contributed by atoms with Crippen molar-refractivity contribution in [3.05, 3.63) is 64.8 Å². The fraction of sp³-hybridized carbons (Fsp3) is 0.375. The molecule has 1 saturated heterocycles. The highest BCUT2D eigenvalue weighted by Gasteiger charge is 2.25. The topological polar surface area (TPSA) is 52.0 Å². The van der Waals surface area contributed by atoms with E-state index in [1.54, 1.807) is 0 Å². The number of nitrogens with zero attached hydrogens (tertiary/aromatic N) is 5. The van der Waals surface area contributed by atoms with Crippen LogP contribution >= 0.6 is 12.2 Å². The van der Waals surface area contributed by atoms with Crippen molar-refractivity contribution in [3.63, 3.8) is 0 Å². The highest BCUT2D eigenvalue weighted by molar-refractivity contribution is 7.71. The van der Waals surface area contributed by atoms with Crippen LogP contribution in [0.1, 0.15) is 37.1 Å². The van der Waals surface area contributed by atoms with E-state index in [0.717, 1.165) is 65.6 Å². The van der Waals surface area contributed by atoms with Crippen LogP contribution in [0, 0.1) is 11.7 Å². The standard InChI is InChI=1S/C24H27N5OS/c1-3-28-22(19-8-6-7-17(2)15-19)26-29(24(28)31)16-27-13-11-18(12-14-27)23-25-20-9-4-5-10-21(20)30-23/h4-10,15,18H,3,11-14,16H2,1-2H3. The van der Waals surface area contributed by atoms with E-state index < -0.39 is 0 Å². The number of likely N-dealkylation sites (tertiary alicyclic amines) is 1. The van der Waals surface area contributed by atoms with E-state index in [9.17, 15) is 0 Å². The molecule has 5 rings (SSSR count). The minimum atomic E-state index is 0.368. The van der Waals surface area contributed by atoms with Crippen LogP contribution in [0.3, 0.4) is 0 Å². The van der Waals surface area contributed by atoms with E-state index in [2.05, 4.69) is 47.6 Å². The summed E-state index contributed by atoms with van der Waals surface area (Å²) >= 11 is 5.76. The molecule has 6 nitrogen and oxygen atoms in total. The van der Waals surface area contributed by atoms with E-state index >= 15 is 0 Å². The second-order valence-corrected chi connectivity index (χ2v) is 8.64. The molecule has 1 aliphatic heterocycles. The first kappa shape index (κ1) is 20.2. The Morgan fingerprint density at radius 1 is 1.10 bits per heavy atom. The Kier molecular flexibility index (Phi) is 5.46. The number of rotatable bonds is 5. The summed E-state index contributed by atoms with van der Waals surface area (Å²) in [4.78, 5) is 7.12. The number of piperidine rings is 1. The summed E-state index contributed by atoms with van der Waals surface area (Å²) < 4.78 is 10.9. The average molecular weight is 434 g/mol. The Morgan fingerprint density at radius 3 is 2.65 bits per heavy atom. The highest BCUT2D eigenvalue weighted by Crippen LogP contribution is 2.30. The second kappa shape index (κ2) is 8.40. The molecule has 1 aliphatic rings. The summed E-state index contributed by atoms with van der Waals surface area (Å²) in [6.07, 6.45) is 2.05. The van der Waals surface area contributed by atoms with Gasteiger partial charge in [0.25, 0.3) is 0 Å². The molecule has 0 radical (unpaired) electrons. The maximum Gasteiger partial charge on any atom is 0.199 e. The summed E-state index contributed by atoms with van der Waals surface area (Å²) in [6, 6.07) is 16.4. The monoisotopic (exact) mass is 433 g/mol. The van der Waals surface area contributed by atoms with E-state index in [0.29, 0.717) is 12.6 Å². The Balaban J connectivity index is 1.30. The number of aryl methyl sites for hydroxylation is 1. The molecule has 31 heavy (non-hydrogen) atoms. The lowest BCUT2D eigenvalue weighted by Crippen LogP contribution is -2.35. The van der Waals surface area contributed by atoms with Gasteiger partial charge in [-0.1, -0.05) is 35.9 Å². The van der Waals surface area contributed by atoms with Gasteiger partial charge in [0, 0.05) is 31.1 Å². The quantitative estimate of drug-likeness (QED) is 0.395. The van der Waals surface area contributed by atoms with Gasteiger partial charge in [-0.15, -0.1) is 0 Å². The normalized spacial score (nSPS) is 15.7. The number of benzene rings is 2. The van der Waals surface area contributed by atoms with Crippen LogP contribution < -0.4 is 0 Å². The summed E-state index contributed by atoms with van der Waals surface area (Å²) in [5.41, 5.74) is 4.16. The van der Waals surface area contributed by atoms with Crippen LogP contribution in [0.2, 0.25) is 0 Å². The van der Waals surface area contributed by atoms with Gasteiger partial charge in [-0.25, -0.2) is 9.67 Å². The van der Waals surface area contributed by atoms with Crippen molar-refractivity contribution in [1.82, 2.24) is 24.2 Å². The fourth-order valence-electron chi connectivity index (χ4n) is 4.39. The van der Waals surface area contributed by atoms with Gasteiger partial charge in [-0.2, -0.15) is 5.10 Å². The minimum absolute atomic E-state index is 0.368. The molecule has 0 unspecified atom stereocenters. The maximum atomic E-state index is 6.01. The molecule has 4 aromatic rings. The zero-order valence-corrected chi connectivity index (χ0v) is 18.8. The first-order valence-corrected chi connectivity index (χ1v) is 11.4. The predicted octanol–water partition coefficient (Wildman–Crippen LogP) is 5.39. The zero-order valence-electron chi connectivity index (χ0n) is 18.0. The lowest BCUT2D eigenvalue weighted by Gasteiger charge is -2.30. The van der Waals surface area contributed by atoms with Crippen LogP contribution in [-0.2, 0) is 13.2 Å². The van der Waals surface area contributed by atoms with Crippen molar-refractivity contribution in [2.75, 3.05) is 13.1 Å². The number of para-hydroxylation sites is 2. The summed E-state index contributed by atoms with van der Waals surface area (Å²) in [5.74, 6) is 2.18. The summed E-state index contributed by atoms with van der Waals surface area (Å²) in [6.45, 7) is 7.69. The first-order chi connectivity index (χ1) is 15.1. The summed E-state index contributed by atoms with van der Waals surface area (Å²) in [5, 5.41) is 4.89.